The maximum Gasteiger partial charge on any atom is 0.143 e. The third-order valence-corrected chi connectivity index (χ3v) is 10.4. The molecule has 51 heavy (non-hydrogen) atoms. The number of rotatable bonds is 4. The fourth-order valence-corrected chi connectivity index (χ4v) is 7.97. The molecule has 3 N–H and O–H groups in total. The second-order valence-corrected chi connectivity index (χ2v) is 13.4. The Morgan fingerprint density at radius 2 is 0.922 bits per heavy atom. The van der Waals surface area contributed by atoms with Gasteiger partial charge in [-0.25, -0.2) is 0 Å². The minimum absolute atomic E-state index is 0.125. The maximum atomic E-state index is 6.92. The highest BCUT2D eigenvalue weighted by Gasteiger charge is 2.32. The van der Waals surface area contributed by atoms with Crippen LogP contribution in [0.25, 0.3) is 76.9 Å². The van der Waals surface area contributed by atoms with Crippen molar-refractivity contribution in [1.29, 1.82) is 0 Å². The Kier molecular flexibility index (Phi) is 6.27. The second-order valence-electron chi connectivity index (χ2n) is 13.4. The molecule has 3 unspecified atom stereocenters. The summed E-state index contributed by atoms with van der Waals surface area (Å²) in [5.41, 5.74) is 10.6. The third kappa shape index (κ3) is 4.55. The third-order valence-electron chi connectivity index (χ3n) is 10.4. The topological polar surface area (TPSA) is 75.5 Å². The monoisotopic (exact) mass is 661 g/mol. The summed E-state index contributed by atoms with van der Waals surface area (Å²) in [4.78, 5) is 0. The van der Waals surface area contributed by atoms with Crippen LogP contribution in [0.5, 0.6) is 0 Å². The maximum absolute atomic E-state index is 6.92. The normalized spacial score (nSPS) is 18.2. The van der Waals surface area contributed by atoms with Gasteiger partial charge in [-0.2, -0.15) is 0 Å². The lowest BCUT2D eigenvalue weighted by Gasteiger charge is -2.39. The lowest BCUT2D eigenvalue weighted by Crippen LogP contribution is -2.54. The fourth-order valence-electron chi connectivity index (χ4n) is 7.97. The zero-order valence-corrected chi connectivity index (χ0v) is 27.4. The number of hydrogen-bond donors (Lipinski definition) is 3. The first-order valence-electron chi connectivity index (χ1n) is 17.4. The number of furan rings is 3. The first kappa shape index (κ1) is 28.6. The quantitative estimate of drug-likeness (QED) is 0.174. The van der Waals surface area contributed by atoms with E-state index in [9.17, 15) is 0 Å². The van der Waals surface area contributed by atoms with E-state index in [0.717, 1.165) is 93.6 Å². The molecule has 4 heterocycles. The van der Waals surface area contributed by atoms with Crippen molar-refractivity contribution < 1.29 is 13.3 Å². The number of para-hydroxylation sites is 4. The molecular formula is C45H31N3O3. The molecule has 6 heteroatoms. The highest BCUT2D eigenvalue weighted by Crippen LogP contribution is 2.41. The molecule has 7 aromatic carbocycles. The summed E-state index contributed by atoms with van der Waals surface area (Å²) < 4.78 is 19.5. The van der Waals surface area contributed by atoms with E-state index in [1.807, 2.05) is 36.4 Å². The number of fused-ring (bicyclic) bond motifs is 9. The molecule has 1 fully saturated rings. The van der Waals surface area contributed by atoms with Gasteiger partial charge in [-0.1, -0.05) is 121 Å². The van der Waals surface area contributed by atoms with Crippen molar-refractivity contribution in [2.45, 2.75) is 18.5 Å². The summed E-state index contributed by atoms with van der Waals surface area (Å²) in [6, 6.07) is 52.7. The lowest BCUT2D eigenvalue weighted by molar-refractivity contribution is 0.203. The van der Waals surface area contributed by atoms with E-state index in [2.05, 4.69) is 131 Å². The minimum Gasteiger partial charge on any atom is -0.456 e. The Balaban J connectivity index is 1.03. The van der Waals surface area contributed by atoms with Gasteiger partial charge in [0.05, 0.1) is 18.5 Å². The van der Waals surface area contributed by atoms with Crippen LogP contribution in [0.15, 0.2) is 165 Å². The summed E-state index contributed by atoms with van der Waals surface area (Å²) in [6.07, 6.45) is -0.531. The van der Waals surface area contributed by atoms with Crippen LogP contribution in [-0.4, -0.2) is 0 Å². The average molecular weight is 662 g/mol. The average Bonchev–Trinajstić information content (AvgIpc) is 3.88. The predicted octanol–water partition coefficient (Wildman–Crippen LogP) is 11.2. The molecule has 1 aliphatic rings. The molecule has 0 radical (unpaired) electrons. The number of benzene rings is 7. The summed E-state index contributed by atoms with van der Waals surface area (Å²) in [5.74, 6) is 0. The molecule has 0 amide bonds. The molecule has 3 atom stereocenters. The van der Waals surface area contributed by atoms with Crippen LogP contribution >= 0.6 is 0 Å². The molecule has 1 aliphatic heterocycles. The van der Waals surface area contributed by atoms with Crippen LogP contribution in [0.2, 0.25) is 0 Å². The van der Waals surface area contributed by atoms with Crippen LogP contribution in [0, 0.1) is 0 Å². The Morgan fingerprint density at radius 1 is 0.353 bits per heavy atom. The Bertz CT molecular complexity index is 2940. The van der Waals surface area contributed by atoms with Crippen LogP contribution in [0.1, 0.15) is 35.2 Å². The van der Waals surface area contributed by atoms with Crippen molar-refractivity contribution in [3.63, 3.8) is 0 Å². The number of nitrogens with one attached hydrogen (secondary N) is 3. The van der Waals surface area contributed by atoms with Gasteiger partial charge in [0.25, 0.3) is 0 Å². The van der Waals surface area contributed by atoms with Gasteiger partial charge in [-0.3, -0.25) is 16.0 Å². The molecule has 0 spiro atoms. The van der Waals surface area contributed by atoms with Crippen molar-refractivity contribution in [2.24, 2.45) is 0 Å². The summed E-state index contributed by atoms with van der Waals surface area (Å²) >= 11 is 0. The number of hydrogen-bond acceptors (Lipinski definition) is 6. The van der Waals surface area contributed by atoms with Gasteiger partial charge < -0.3 is 13.3 Å². The van der Waals surface area contributed by atoms with Gasteiger partial charge in [-0.15, -0.1) is 0 Å². The first-order valence-corrected chi connectivity index (χ1v) is 17.4. The smallest absolute Gasteiger partial charge is 0.143 e. The van der Waals surface area contributed by atoms with E-state index < -0.39 is 0 Å². The van der Waals surface area contributed by atoms with E-state index >= 15 is 0 Å². The van der Waals surface area contributed by atoms with Gasteiger partial charge in [-0.05, 0) is 47.0 Å². The molecular weight excluding hydrogens is 631 g/mol. The van der Waals surface area contributed by atoms with Gasteiger partial charge in [0.2, 0.25) is 0 Å². The zero-order chi connectivity index (χ0) is 33.5. The molecule has 244 valence electrons. The molecule has 3 aromatic heterocycles. The Labute approximate surface area is 292 Å². The van der Waals surface area contributed by atoms with E-state index in [4.69, 9.17) is 13.3 Å². The van der Waals surface area contributed by atoms with E-state index in [1.54, 1.807) is 0 Å². The van der Waals surface area contributed by atoms with E-state index in [0.29, 0.717) is 0 Å². The van der Waals surface area contributed by atoms with Crippen molar-refractivity contribution in [1.82, 2.24) is 16.0 Å². The van der Waals surface area contributed by atoms with Gasteiger partial charge >= 0.3 is 0 Å². The SMILES string of the molecule is c1ccc(C2NC(c3ccc4c(c3)oc3ccccc34)NC(c3cccc4c3oc3c(-c5ccc6c(c5)oc5ccccc56)cccc34)N2)cc1. The molecule has 11 rings (SSSR count). The Morgan fingerprint density at radius 3 is 1.69 bits per heavy atom. The standard InChI is InChI=1S/C45H31N3O3/c1-2-10-26(11-3-1)43-46-44(28-21-23-33-31-13-5-7-19-38(31)50-40(33)25-28)48-45(47-43)36-17-9-16-35-34-15-8-14-29(41(34)51-42(35)36)27-20-22-32-30-12-4-6-18-37(30)49-39(32)24-27/h1-25,43-48H. The van der Waals surface area contributed by atoms with Gasteiger partial charge in [0.1, 0.15) is 33.5 Å². The predicted molar refractivity (Wildman–Crippen MR) is 204 cm³/mol. The highest BCUT2D eigenvalue weighted by molar-refractivity contribution is 6.12. The second kappa shape index (κ2) is 11.2. The first-order chi connectivity index (χ1) is 25.2. The summed E-state index contributed by atoms with van der Waals surface area (Å²) in [6.45, 7) is 0. The molecule has 10 aromatic rings. The lowest BCUT2D eigenvalue weighted by atomic mass is 10.00. The molecule has 0 bridgehead atoms. The van der Waals surface area contributed by atoms with Crippen LogP contribution in [0.3, 0.4) is 0 Å². The van der Waals surface area contributed by atoms with Crippen molar-refractivity contribution in [3.8, 4) is 11.1 Å². The van der Waals surface area contributed by atoms with Gasteiger partial charge in [0, 0.05) is 43.4 Å². The van der Waals surface area contributed by atoms with E-state index in [1.165, 1.54) is 0 Å². The molecule has 1 saturated heterocycles. The van der Waals surface area contributed by atoms with Crippen molar-refractivity contribution >= 4 is 65.8 Å². The van der Waals surface area contributed by atoms with Gasteiger partial charge in [0.15, 0.2) is 0 Å². The van der Waals surface area contributed by atoms with Crippen LogP contribution < -0.4 is 16.0 Å². The zero-order valence-electron chi connectivity index (χ0n) is 27.4. The van der Waals surface area contributed by atoms with Crippen molar-refractivity contribution in [2.75, 3.05) is 0 Å². The largest absolute Gasteiger partial charge is 0.456 e. The van der Waals surface area contributed by atoms with Crippen LogP contribution in [0.4, 0.5) is 0 Å². The molecule has 0 saturated carbocycles. The van der Waals surface area contributed by atoms with Crippen LogP contribution in [-0.2, 0) is 0 Å². The molecule has 6 nitrogen and oxygen atoms in total. The summed E-state index contributed by atoms with van der Waals surface area (Å²) in [5, 5.41) is 18.1. The Hall–Kier alpha value is -6.18. The van der Waals surface area contributed by atoms with Crippen molar-refractivity contribution in [3.05, 3.63) is 168 Å². The summed E-state index contributed by atoms with van der Waals surface area (Å²) in [7, 11) is 0. The molecule has 0 aliphatic carbocycles. The van der Waals surface area contributed by atoms with E-state index in [-0.39, 0.29) is 18.5 Å². The minimum atomic E-state index is -0.229. The fraction of sp³-hybridized carbons (Fsp3) is 0.0667. The highest BCUT2D eigenvalue weighted by atomic mass is 16.3.